The van der Waals surface area contributed by atoms with Crippen LogP contribution in [0.25, 0.3) is 0 Å². The maximum Gasteiger partial charge on any atom is 0.419 e. The number of carbonyl (C=O) groups excluding carboxylic acids is 1. The molecule has 1 aliphatic rings. The Morgan fingerprint density at radius 3 is 2.72 bits per heavy atom. The number of ether oxygens (including phenoxy) is 1. The first-order valence-electron chi connectivity index (χ1n) is 7.88. The topological polar surface area (TPSA) is 61.8 Å². The molecule has 0 aromatic heterocycles. The first kappa shape index (κ1) is 19.5. The van der Waals surface area contributed by atoms with Gasteiger partial charge in [-0.05, 0) is 31.0 Å². The van der Waals surface area contributed by atoms with Crippen molar-refractivity contribution in [2.24, 2.45) is 0 Å². The van der Waals surface area contributed by atoms with Crippen LogP contribution >= 0.6 is 12.2 Å². The molecule has 1 heterocycles. The molecule has 0 aliphatic carbocycles. The third-order valence-corrected chi connectivity index (χ3v) is 4.45. The smallest absolute Gasteiger partial charge is 0.419 e. The van der Waals surface area contributed by atoms with Crippen molar-refractivity contribution >= 4 is 23.1 Å². The van der Waals surface area contributed by atoms with E-state index in [0.29, 0.717) is 19.4 Å². The average Bonchev–Trinajstić information content (AvgIpc) is 2.53. The zero-order chi connectivity index (χ0) is 18.6. The van der Waals surface area contributed by atoms with Gasteiger partial charge in [-0.2, -0.15) is 13.2 Å². The quantitative estimate of drug-likeness (QED) is 0.346. The number of halogens is 3. The minimum atomic E-state index is -4.58. The molecule has 1 aromatic rings. The maximum absolute atomic E-state index is 13.3. The SMILES string of the molecule is CCCCOc1ccc(C(=S)N2CCC2C(=O)NO)cc1C(F)(F)F. The summed E-state index contributed by atoms with van der Waals surface area (Å²) in [5, 5.41) is 8.70. The Morgan fingerprint density at radius 2 is 2.20 bits per heavy atom. The van der Waals surface area contributed by atoms with Gasteiger partial charge in [0.15, 0.2) is 0 Å². The molecular formula is C16H19F3N2O3S. The number of hydrogen-bond donors (Lipinski definition) is 2. The van der Waals surface area contributed by atoms with E-state index in [1.54, 1.807) is 0 Å². The zero-order valence-electron chi connectivity index (χ0n) is 13.6. The van der Waals surface area contributed by atoms with Gasteiger partial charge in [0.05, 0.1) is 12.2 Å². The van der Waals surface area contributed by atoms with Gasteiger partial charge in [-0.3, -0.25) is 10.0 Å². The van der Waals surface area contributed by atoms with Gasteiger partial charge in [0.1, 0.15) is 16.8 Å². The Hall–Kier alpha value is -1.87. The minimum absolute atomic E-state index is 0.130. The van der Waals surface area contributed by atoms with E-state index < -0.39 is 23.7 Å². The van der Waals surface area contributed by atoms with Gasteiger partial charge in [-0.15, -0.1) is 0 Å². The van der Waals surface area contributed by atoms with Gasteiger partial charge >= 0.3 is 6.18 Å². The monoisotopic (exact) mass is 376 g/mol. The normalized spacial score (nSPS) is 17.0. The molecular weight excluding hydrogens is 357 g/mol. The second-order valence-electron chi connectivity index (χ2n) is 5.69. The molecule has 0 bridgehead atoms. The molecule has 1 saturated heterocycles. The van der Waals surface area contributed by atoms with E-state index in [2.05, 4.69) is 0 Å². The molecule has 9 heteroatoms. The number of hydrogen-bond acceptors (Lipinski definition) is 4. The van der Waals surface area contributed by atoms with E-state index in [9.17, 15) is 18.0 Å². The standard InChI is InChI=1S/C16H19F3N2O3S/c1-2-3-8-24-13-5-4-10(9-11(13)16(17,18)19)15(25)21-7-6-12(21)14(22)20-23/h4-5,9,12,23H,2-3,6-8H2,1H3,(H,20,22). The summed E-state index contributed by atoms with van der Waals surface area (Å²) >= 11 is 5.23. The second-order valence-corrected chi connectivity index (χ2v) is 6.08. The summed E-state index contributed by atoms with van der Waals surface area (Å²) < 4.78 is 45.2. The largest absolute Gasteiger partial charge is 0.493 e. The van der Waals surface area contributed by atoms with Crippen LogP contribution in [-0.2, 0) is 11.0 Å². The fraction of sp³-hybridized carbons (Fsp3) is 0.500. The van der Waals surface area contributed by atoms with Crippen molar-refractivity contribution < 1.29 is 27.9 Å². The lowest BCUT2D eigenvalue weighted by molar-refractivity contribution is -0.139. The number of nitrogens with zero attached hydrogens (tertiary/aromatic N) is 1. The molecule has 1 amide bonds. The van der Waals surface area contributed by atoms with E-state index in [1.807, 2.05) is 6.92 Å². The number of alkyl halides is 3. The van der Waals surface area contributed by atoms with Crippen LogP contribution in [0.1, 0.15) is 37.3 Å². The molecule has 0 saturated carbocycles. The lowest BCUT2D eigenvalue weighted by Gasteiger charge is -2.41. The van der Waals surface area contributed by atoms with Gasteiger partial charge in [0.25, 0.3) is 5.91 Å². The van der Waals surface area contributed by atoms with Crippen molar-refractivity contribution in [2.45, 2.75) is 38.4 Å². The predicted molar refractivity (Wildman–Crippen MR) is 88.6 cm³/mol. The molecule has 5 nitrogen and oxygen atoms in total. The van der Waals surface area contributed by atoms with E-state index in [4.69, 9.17) is 22.2 Å². The third-order valence-electron chi connectivity index (χ3n) is 3.98. The predicted octanol–water partition coefficient (Wildman–Crippen LogP) is 3.14. The molecule has 1 unspecified atom stereocenters. The maximum atomic E-state index is 13.3. The van der Waals surface area contributed by atoms with Crippen LogP contribution in [0, 0.1) is 0 Å². The van der Waals surface area contributed by atoms with Crippen molar-refractivity contribution in [3.05, 3.63) is 29.3 Å². The highest BCUT2D eigenvalue weighted by Crippen LogP contribution is 2.37. The molecule has 2 N–H and O–H groups in total. The van der Waals surface area contributed by atoms with E-state index in [0.717, 1.165) is 12.5 Å². The van der Waals surface area contributed by atoms with Crippen molar-refractivity contribution in [2.75, 3.05) is 13.2 Å². The van der Waals surface area contributed by atoms with Crippen LogP contribution in [0.2, 0.25) is 0 Å². The summed E-state index contributed by atoms with van der Waals surface area (Å²) in [6.07, 6.45) is -2.64. The van der Waals surface area contributed by atoms with Crippen LogP contribution in [-0.4, -0.2) is 40.2 Å². The zero-order valence-corrected chi connectivity index (χ0v) is 14.4. The summed E-state index contributed by atoms with van der Waals surface area (Å²) in [7, 11) is 0. The molecule has 25 heavy (non-hydrogen) atoms. The number of amides is 1. The molecule has 2 rings (SSSR count). The fourth-order valence-corrected chi connectivity index (χ4v) is 2.83. The van der Waals surface area contributed by atoms with Crippen molar-refractivity contribution in [3.63, 3.8) is 0 Å². The Kier molecular flexibility index (Phi) is 6.23. The summed E-state index contributed by atoms with van der Waals surface area (Å²) in [6, 6.07) is 2.97. The van der Waals surface area contributed by atoms with E-state index >= 15 is 0 Å². The second kappa shape index (κ2) is 8.01. The Labute approximate surface area is 148 Å². The van der Waals surface area contributed by atoms with Crippen molar-refractivity contribution in [1.82, 2.24) is 10.4 Å². The highest BCUT2D eigenvalue weighted by molar-refractivity contribution is 7.80. The number of rotatable bonds is 6. The Bertz CT molecular complexity index is 652. The number of nitrogens with one attached hydrogen (secondary N) is 1. The lowest BCUT2D eigenvalue weighted by atomic mass is 10.00. The number of carbonyl (C=O) groups is 1. The van der Waals surface area contributed by atoms with Crippen LogP contribution in [0.3, 0.4) is 0 Å². The van der Waals surface area contributed by atoms with Crippen molar-refractivity contribution in [3.8, 4) is 5.75 Å². The van der Waals surface area contributed by atoms with Crippen LogP contribution < -0.4 is 10.2 Å². The molecule has 1 fully saturated rings. The number of thiocarbonyl (C=S) groups is 1. The Morgan fingerprint density at radius 1 is 1.48 bits per heavy atom. The summed E-state index contributed by atoms with van der Waals surface area (Å²) in [5.74, 6) is -0.870. The lowest BCUT2D eigenvalue weighted by Crippen LogP contribution is -2.57. The summed E-state index contributed by atoms with van der Waals surface area (Å²) in [5.41, 5.74) is 0.821. The van der Waals surface area contributed by atoms with Crippen molar-refractivity contribution in [1.29, 1.82) is 0 Å². The van der Waals surface area contributed by atoms with Crippen LogP contribution in [0.4, 0.5) is 13.2 Å². The average molecular weight is 376 g/mol. The number of benzene rings is 1. The fourth-order valence-electron chi connectivity index (χ4n) is 2.48. The van der Waals surface area contributed by atoms with Gasteiger partial charge < -0.3 is 9.64 Å². The first-order chi connectivity index (χ1) is 11.8. The van der Waals surface area contributed by atoms with Gasteiger partial charge in [-0.1, -0.05) is 25.6 Å². The molecule has 0 spiro atoms. The molecule has 1 aliphatic heterocycles. The number of hydroxylamine groups is 1. The van der Waals surface area contributed by atoms with E-state index in [1.165, 1.54) is 22.5 Å². The highest BCUT2D eigenvalue weighted by Gasteiger charge is 2.38. The number of likely N-dealkylation sites (tertiary alicyclic amines) is 1. The number of unbranched alkanes of at least 4 members (excludes halogenated alkanes) is 1. The molecule has 1 aromatic carbocycles. The summed E-state index contributed by atoms with van der Waals surface area (Å²) in [6.45, 7) is 2.56. The highest BCUT2D eigenvalue weighted by atomic mass is 32.1. The third kappa shape index (κ3) is 4.40. The molecule has 138 valence electrons. The van der Waals surface area contributed by atoms with Gasteiger partial charge in [0, 0.05) is 12.1 Å². The Balaban J connectivity index is 2.24. The van der Waals surface area contributed by atoms with Crippen LogP contribution in [0.5, 0.6) is 5.75 Å². The minimum Gasteiger partial charge on any atom is -0.493 e. The summed E-state index contributed by atoms with van der Waals surface area (Å²) in [4.78, 5) is 13.1. The molecule has 1 atom stereocenters. The first-order valence-corrected chi connectivity index (χ1v) is 8.29. The van der Waals surface area contributed by atoms with Gasteiger partial charge in [0.2, 0.25) is 0 Å². The van der Waals surface area contributed by atoms with Gasteiger partial charge in [-0.25, -0.2) is 5.48 Å². The molecule has 0 radical (unpaired) electrons. The van der Waals surface area contributed by atoms with E-state index in [-0.39, 0.29) is 22.9 Å². The van der Waals surface area contributed by atoms with Crippen LogP contribution in [0.15, 0.2) is 18.2 Å².